The predicted molar refractivity (Wildman–Crippen MR) is 131 cm³/mol. The van der Waals surface area contributed by atoms with Crippen LogP contribution < -0.4 is 10.3 Å². The second-order valence-corrected chi connectivity index (χ2v) is 9.91. The minimum absolute atomic E-state index is 0.0673. The van der Waals surface area contributed by atoms with Gasteiger partial charge in [-0.15, -0.1) is 11.3 Å². The molecule has 35 heavy (non-hydrogen) atoms. The summed E-state index contributed by atoms with van der Waals surface area (Å²) in [5.74, 6) is -0.540. The molecule has 9 nitrogen and oxygen atoms in total. The third-order valence-corrected chi connectivity index (χ3v) is 7.15. The van der Waals surface area contributed by atoms with E-state index in [1.165, 1.54) is 4.90 Å². The monoisotopic (exact) mass is 498 g/mol. The Morgan fingerprint density at radius 2 is 2.06 bits per heavy atom. The van der Waals surface area contributed by atoms with E-state index in [2.05, 4.69) is 15.6 Å². The van der Waals surface area contributed by atoms with Gasteiger partial charge in [0.05, 0.1) is 27.9 Å². The number of carbonyl (C=O) groups is 2. The van der Waals surface area contributed by atoms with Gasteiger partial charge in [0.15, 0.2) is 5.75 Å². The first kappa shape index (κ1) is 24.9. The number of hydrogen-bond donors (Lipinski definition) is 2. The van der Waals surface area contributed by atoms with E-state index in [0.717, 1.165) is 21.8 Å². The van der Waals surface area contributed by atoms with Gasteiger partial charge >= 0.3 is 0 Å². The molecule has 3 atom stereocenters. The maximum atomic E-state index is 13.5. The van der Waals surface area contributed by atoms with Crippen molar-refractivity contribution in [2.75, 3.05) is 6.54 Å². The number of aryl methyl sites for hydroxylation is 2. The van der Waals surface area contributed by atoms with Crippen LogP contribution >= 0.6 is 11.3 Å². The summed E-state index contributed by atoms with van der Waals surface area (Å²) in [5.41, 5.74) is 6.97. The number of aliphatic hydroxyl groups excluding tert-OH is 1. The second-order valence-electron chi connectivity index (χ2n) is 9.05. The third kappa shape index (κ3) is 5.38. The minimum Gasteiger partial charge on any atom is -0.391 e. The van der Waals surface area contributed by atoms with E-state index in [4.69, 9.17) is 9.36 Å². The third-order valence-electron chi connectivity index (χ3n) is 6.17. The van der Waals surface area contributed by atoms with Gasteiger partial charge in [0.25, 0.3) is 5.91 Å². The molecule has 0 radical (unpaired) electrons. The Hall–Kier alpha value is -3.24. The molecule has 186 valence electrons. The van der Waals surface area contributed by atoms with Crippen LogP contribution in [0.2, 0.25) is 0 Å². The van der Waals surface area contributed by atoms with Gasteiger partial charge in [-0.1, -0.05) is 25.9 Å². The number of likely N-dealkylation sites (tertiary alicyclic amines) is 1. The molecule has 1 unspecified atom stereocenters. The van der Waals surface area contributed by atoms with Gasteiger partial charge in [-0.3, -0.25) is 9.59 Å². The number of carbonyl (C=O) groups excluding carboxylic acids is 2. The highest BCUT2D eigenvalue weighted by Gasteiger charge is 2.43. The summed E-state index contributed by atoms with van der Waals surface area (Å²) in [6.45, 7) is 7.81. The standard InChI is InChI=1S/C25H30N4O5S/c1-5-17-10-21(34-27-17)22(14(2)3)25(32)29-12-18(30)11-20(29)24(31)28-33-19-8-6-16(7-9-19)23-15(4)26-13-35-23/h6-10,13-14,18,20,22,30H,5,11-12H2,1-4H3,(H,28,31)/t18-,20+,22?/m1/s1. The predicted octanol–water partition coefficient (Wildman–Crippen LogP) is 3.48. The average Bonchev–Trinajstić information content (AvgIpc) is 3.57. The second kappa shape index (κ2) is 10.6. The zero-order valence-corrected chi connectivity index (χ0v) is 21.0. The van der Waals surface area contributed by atoms with Crippen molar-refractivity contribution in [3.63, 3.8) is 0 Å². The van der Waals surface area contributed by atoms with E-state index in [1.807, 2.05) is 39.8 Å². The Morgan fingerprint density at radius 1 is 1.31 bits per heavy atom. The van der Waals surface area contributed by atoms with Crippen molar-refractivity contribution in [2.45, 2.75) is 58.6 Å². The van der Waals surface area contributed by atoms with E-state index in [0.29, 0.717) is 17.9 Å². The Bertz CT molecular complexity index is 1170. The number of hydrogen-bond acceptors (Lipinski definition) is 8. The van der Waals surface area contributed by atoms with E-state index < -0.39 is 24.0 Å². The number of benzene rings is 1. The number of thiazole rings is 1. The van der Waals surface area contributed by atoms with Crippen molar-refractivity contribution in [3.05, 3.63) is 53.0 Å². The highest BCUT2D eigenvalue weighted by atomic mass is 32.1. The molecule has 1 aliphatic rings. The number of nitrogens with one attached hydrogen (secondary N) is 1. The molecule has 0 aliphatic carbocycles. The maximum Gasteiger partial charge on any atom is 0.275 e. The summed E-state index contributed by atoms with van der Waals surface area (Å²) >= 11 is 1.56. The number of β-amino-alcohol motifs (C(OH)–C–C–N with tert-alkyl or cyclic N) is 1. The van der Waals surface area contributed by atoms with E-state index >= 15 is 0 Å². The molecule has 3 aromatic rings. The number of aromatic nitrogens is 2. The molecule has 2 N–H and O–H groups in total. The maximum absolute atomic E-state index is 13.5. The zero-order valence-electron chi connectivity index (χ0n) is 20.2. The van der Waals surface area contributed by atoms with Gasteiger partial charge in [-0.2, -0.15) is 5.48 Å². The molecule has 1 saturated heterocycles. The Balaban J connectivity index is 1.43. The molecule has 3 heterocycles. The molecule has 1 fully saturated rings. The summed E-state index contributed by atoms with van der Waals surface area (Å²) in [6.07, 6.45) is 0.0229. The summed E-state index contributed by atoms with van der Waals surface area (Å²) in [5, 5.41) is 14.3. The lowest BCUT2D eigenvalue weighted by Crippen LogP contribution is -2.48. The highest BCUT2D eigenvalue weighted by molar-refractivity contribution is 7.13. The Kier molecular flexibility index (Phi) is 7.51. The molecule has 4 rings (SSSR count). The summed E-state index contributed by atoms with van der Waals surface area (Å²) in [4.78, 5) is 38.7. The number of hydroxylamine groups is 1. The molecule has 0 bridgehead atoms. The molecule has 1 aromatic carbocycles. The quantitative estimate of drug-likeness (QED) is 0.457. The van der Waals surface area contributed by atoms with E-state index in [-0.39, 0.29) is 24.8 Å². The first-order valence-corrected chi connectivity index (χ1v) is 12.6. The number of amides is 2. The van der Waals surface area contributed by atoms with Crippen LogP contribution in [0, 0.1) is 12.8 Å². The summed E-state index contributed by atoms with van der Waals surface area (Å²) in [6, 6.07) is 8.23. The normalized spacial score (nSPS) is 18.6. The SMILES string of the molecule is CCc1cc(C(C(=O)N2C[C@H](O)C[C@H]2C(=O)NOc2ccc(-c3scnc3C)cc2)C(C)C)on1. The molecule has 2 aromatic heterocycles. The largest absolute Gasteiger partial charge is 0.391 e. The highest BCUT2D eigenvalue weighted by Crippen LogP contribution is 2.32. The smallest absolute Gasteiger partial charge is 0.275 e. The molecule has 10 heteroatoms. The molecule has 0 spiro atoms. The van der Waals surface area contributed by atoms with Crippen LogP contribution in [-0.2, 0) is 16.0 Å². The van der Waals surface area contributed by atoms with Gasteiger partial charge in [0.1, 0.15) is 17.7 Å². The first-order valence-electron chi connectivity index (χ1n) is 11.7. The number of aliphatic hydroxyl groups is 1. The summed E-state index contributed by atoms with van der Waals surface area (Å²) in [7, 11) is 0. The number of nitrogens with zero attached hydrogens (tertiary/aromatic N) is 3. The first-order chi connectivity index (χ1) is 16.8. The van der Waals surface area contributed by atoms with Crippen LogP contribution in [0.5, 0.6) is 5.75 Å². The van der Waals surface area contributed by atoms with Gasteiger partial charge in [0.2, 0.25) is 5.91 Å². The topological polar surface area (TPSA) is 118 Å². The van der Waals surface area contributed by atoms with Crippen molar-refractivity contribution >= 4 is 23.2 Å². The molecule has 0 saturated carbocycles. The van der Waals surface area contributed by atoms with Crippen molar-refractivity contribution in [1.29, 1.82) is 0 Å². The van der Waals surface area contributed by atoms with Crippen molar-refractivity contribution in [3.8, 4) is 16.2 Å². The van der Waals surface area contributed by atoms with Crippen LogP contribution in [0.25, 0.3) is 10.4 Å². The van der Waals surface area contributed by atoms with Crippen molar-refractivity contribution in [1.82, 2.24) is 20.5 Å². The van der Waals surface area contributed by atoms with Gasteiger partial charge in [-0.25, -0.2) is 4.98 Å². The minimum atomic E-state index is -0.855. The molecular formula is C25H30N4O5S. The fraction of sp³-hybridized carbons (Fsp3) is 0.440. The number of rotatable bonds is 8. The lowest BCUT2D eigenvalue weighted by atomic mass is 9.91. The fourth-order valence-electron chi connectivity index (χ4n) is 4.29. The Labute approximate surface area is 208 Å². The van der Waals surface area contributed by atoms with Crippen LogP contribution in [-0.4, -0.2) is 50.7 Å². The average molecular weight is 499 g/mol. The lowest BCUT2D eigenvalue weighted by Gasteiger charge is -2.28. The van der Waals surface area contributed by atoms with E-state index in [9.17, 15) is 14.7 Å². The Morgan fingerprint density at radius 3 is 2.66 bits per heavy atom. The van der Waals surface area contributed by atoms with Crippen LogP contribution in [0.4, 0.5) is 0 Å². The van der Waals surface area contributed by atoms with Gasteiger partial charge in [-0.05, 0) is 49.1 Å². The molecule has 1 aliphatic heterocycles. The lowest BCUT2D eigenvalue weighted by molar-refractivity contribution is -0.143. The molecule has 2 amide bonds. The van der Waals surface area contributed by atoms with Gasteiger partial charge in [0, 0.05) is 19.0 Å². The fourth-order valence-corrected chi connectivity index (χ4v) is 5.10. The zero-order chi connectivity index (χ0) is 25.1. The van der Waals surface area contributed by atoms with Crippen LogP contribution in [0.3, 0.4) is 0 Å². The van der Waals surface area contributed by atoms with Gasteiger partial charge < -0.3 is 19.4 Å². The van der Waals surface area contributed by atoms with Crippen LogP contribution in [0.1, 0.15) is 50.3 Å². The van der Waals surface area contributed by atoms with E-state index in [1.54, 1.807) is 35.0 Å². The summed E-state index contributed by atoms with van der Waals surface area (Å²) < 4.78 is 5.44. The van der Waals surface area contributed by atoms with Crippen molar-refractivity contribution < 1.29 is 24.1 Å². The molecular weight excluding hydrogens is 468 g/mol. The van der Waals surface area contributed by atoms with Crippen molar-refractivity contribution in [2.24, 2.45) is 5.92 Å². The van der Waals surface area contributed by atoms with Crippen LogP contribution in [0.15, 0.2) is 40.4 Å².